The van der Waals surface area contributed by atoms with Crippen LogP contribution in [0.4, 0.5) is 34.1 Å². The minimum Gasteiger partial charge on any atom is -0.311 e. The van der Waals surface area contributed by atoms with Crippen LogP contribution in [0.2, 0.25) is 0 Å². The van der Waals surface area contributed by atoms with Gasteiger partial charge in [0, 0.05) is 39.5 Å². The molecule has 6 aromatic rings. The number of hydrogen-bond donors (Lipinski definition) is 0. The molecule has 250 valence electrons. The van der Waals surface area contributed by atoms with Gasteiger partial charge in [-0.2, -0.15) is 0 Å². The normalized spacial score (nSPS) is 23.1. The molecule has 4 aliphatic rings. The highest BCUT2D eigenvalue weighted by Gasteiger charge is 2.67. The van der Waals surface area contributed by atoms with Crippen molar-refractivity contribution in [3.05, 3.63) is 151 Å². The molecule has 2 nitrogen and oxygen atoms in total. The summed E-state index contributed by atoms with van der Waals surface area (Å²) in [6.45, 7) is 12.7. The third-order valence-electron chi connectivity index (χ3n) is 14.3. The van der Waals surface area contributed by atoms with Gasteiger partial charge >= 0.3 is 0 Å². The molecule has 3 unspecified atom stereocenters. The monoisotopic (exact) mass is 660 g/mol. The Bertz CT molecular complexity index is 2350. The minimum atomic E-state index is -0.0635. The van der Waals surface area contributed by atoms with E-state index >= 15 is 0 Å². The van der Waals surface area contributed by atoms with Crippen molar-refractivity contribution in [2.45, 2.75) is 59.3 Å². The molecule has 3 heteroatoms. The molecule has 0 radical (unpaired) electrons. The van der Waals surface area contributed by atoms with Gasteiger partial charge in [0.15, 0.2) is 0 Å². The lowest BCUT2D eigenvalue weighted by Crippen LogP contribution is -2.61. The van der Waals surface area contributed by atoms with Crippen LogP contribution >= 0.6 is 0 Å². The zero-order valence-corrected chi connectivity index (χ0v) is 30.4. The van der Waals surface area contributed by atoms with Gasteiger partial charge in [0.1, 0.15) is 0 Å². The van der Waals surface area contributed by atoms with Gasteiger partial charge in [-0.25, -0.2) is 0 Å². The van der Waals surface area contributed by atoms with Crippen molar-refractivity contribution in [2.24, 2.45) is 16.7 Å². The molecule has 0 saturated heterocycles. The molecule has 0 amide bonds. The standard InChI is InChI=1S/C48H45BN2/c1-6-32-31-48(47(5,7-2)46(32,3)4)37-24-15-14-23-35(37)36-29-40-44(30-38(36)48)51(34-21-12-9-13-22-34)43-28-18-27-42-45(43)49(40)39-25-16-17-26-41(39)50(42)33-19-10-8-11-20-33/h8-30,32H,6-7,31H2,1-5H3. The quantitative estimate of drug-likeness (QED) is 0.173. The van der Waals surface area contributed by atoms with Crippen LogP contribution in [0.3, 0.4) is 0 Å². The Hall–Kier alpha value is -5.02. The Balaban J connectivity index is 1.32. The molecule has 3 atom stereocenters. The van der Waals surface area contributed by atoms with Gasteiger partial charge in [0.25, 0.3) is 6.71 Å². The fraction of sp³-hybridized carbons (Fsp3) is 0.250. The van der Waals surface area contributed by atoms with Crippen LogP contribution in [-0.4, -0.2) is 6.71 Å². The molecule has 0 bridgehead atoms. The third-order valence-corrected chi connectivity index (χ3v) is 14.3. The maximum atomic E-state index is 2.67. The molecule has 2 aliphatic heterocycles. The van der Waals surface area contributed by atoms with Gasteiger partial charge in [-0.1, -0.05) is 132 Å². The van der Waals surface area contributed by atoms with Crippen LogP contribution in [0, 0.1) is 16.7 Å². The molecule has 0 aromatic heterocycles. The van der Waals surface area contributed by atoms with Crippen molar-refractivity contribution in [3.8, 4) is 11.1 Å². The lowest BCUT2D eigenvalue weighted by atomic mass is 9.33. The number of rotatable bonds is 4. The highest BCUT2D eigenvalue weighted by Crippen LogP contribution is 2.74. The van der Waals surface area contributed by atoms with E-state index in [4.69, 9.17) is 0 Å². The molecule has 6 aromatic carbocycles. The Morgan fingerprint density at radius 3 is 1.82 bits per heavy atom. The van der Waals surface area contributed by atoms with E-state index in [0.717, 1.165) is 6.42 Å². The second-order valence-electron chi connectivity index (χ2n) is 16.2. The second kappa shape index (κ2) is 10.7. The Labute approximate surface area is 303 Å². The Morgan fingerprint density at radius 1 is 0.569 bits per heavy atom. The zero-order chi connectivity index (χ0) is 34.7. The van der Waals surface area contributed by atoms with Gasteiger partial charge in [0.2, 0.25) is 0 Å². The molecule has 1 spiro atoms. The molecular formula is C48H45BN2. The first kappa shape index (κ1) is 30.8. The topological polar surface area (TPSA) is 6.48 Å². The van der Waals surface area contributed by atoms with Crippen molar-refractivity contribution in [2.75, 3.05) is 9.80 Å². The van der Waals surface area contributed by atoms with Gasteiger partial charge in [-0.3, -0.25) is 0 Å². The molecule has 51 heavy (non-hydrogen) atoms. The predicted octanol–water partition coefficient (Wildman–Crippen LogP) is 10.9. The van der Waals surface area contributed by atoms with Gasteiger partial charge in [-0.05, 0) is 117 Å². The van der Waals surface area contributed by atoms with Gasteiger partial charge < -0.3 is 9.80 Å². The maximum Gasteiger partial charge on any atom is 0.252 e. The number of nitrogens with zero attached hydrogens (tertiary/aromatic N) is 2. The molecular weight excluding hydrogens is 615 g/mol. The van der Waals surface area contributed by atoms with Gasteiger partial charge in [0.05, 0.1) is 0 Å². The molecule has 2 aliphatic carbocycles. The fourth-order valence-corrected chi connectivity index (χ4v) is 11.5. The van der Waals surface area contributed by atoms with E-state index in [1.54, 1.807) is 5.56 Å². The summed E-state index contributed by atoms with van der Waals surface area (Å²) >= 11 is 0. The highest BCUT2D eigenvalue weighted by atomic mass is 15.2. The van der Waals surface area contributed by atoms with Crippen LogP contribution in [0.15, 0.2) is 140 Å². The SMILES string of the molecule is CCC1CC2(c3ccccc3-c3cc4c(cc32)N(c2ccccc2)c2cccc3c2B4c2ccccc2N3c2ccccc2)C(C)(CC)C1(C)C. The first-order chi connectivity index (χ1) is 24.9. The van der Waals surface area contributed by atoms with Crippen LogP contribution in [-0.2, 0) is 5.41 Å². The average Bonchev–Trinajstić information content (AvgIpc) is 3.55. The lowest BCUT2D eigenvalue weighted by molar-refractivity contribution is 0.0491. The minimum absolute atomic E-state index is 0.0635. The first-order valence-electron chi connectivity index (χ1n) is 19.1. The van der Waals surface area contributed by atoms with E-state index in [1.807, 2.05) is 0 Å². The fourth-order valence-electron chi connectivity index (χ4n) is 11.5. The van der Waals surface area contributed by atoms with E-state index in [1.165, 1.54) is 80.0 Å². The summed E-state index contributed by atoms with van der Waals surface area (Å²) in [5, 5.41) is 0. The van der Waals surface area contributed by atoms with E-state index < -0.39 is 0 Å². The molecule has 0 N–H and O–H groups in total. The van der Waals surface area contributed by atoms with Crippen molar-refractivity contribution >= 4 is 57.2 Å². The second-order valence-corrected chi connectivity index (χ2v) is 16.2. The van der Waals surface area contributed by atoms with Crippen molar-refractivity contribution in [1.82, 2.24) is 0 Å². The largest absolute Gasteiger partial charge is 0.311 e. The maximum absolute atomic E-state index is 2.67. The smallest absolute Gasteiger partial charge is 0.252 e. The molecule has 10 rings (SSSR count). The summed E-state index contributed by atoms with van der Waals surface area (Å²) < 4.78 is 0. The van der Waals surface area contributed by atoms with Crippen LogP contribution in [0.25, 0.3) is 11.1 Å². The predicted molar refractivity (Wildman–Crippen MR) is 217 cm³/mol. The summed E-state index contributed by atoms with van der Waals surface area (Å²) in [5.41, 5.74) is 17.8. The van der Waals surface area contributed by atoms with Crippen LogP contribution < -0.4 is 26.2 Å². The van der Waals surface area contributed by atoms with Gasteiger partial charge in [-0.15, -0.1) is 0 Å². The number of benzene rings is 6. The first-order valence-corrected chi connectivity index (χ1v) is 19.1. The van der Waals surface area contributed by atoms with E-state index in [-0.39, 0.29) is 23.0 Å². The average molecular weight is 661 g/mol. The van der Waals surface area contributed by atoms with Crippen molar-refractivity contribution in [3.63, 3.8) is 0 Å². The highest BCUT2D eigenvalue weighted by molar-refractivity contribution is 7.00. The van der Waals surface area contributed by atoms with E-state index in [0.29, 0.717) is 5.92 Å². The number of para-hydroxylation sites is 3. The van der Waals surface area contributed by atoms with Crippen LogP contribution in [0.1, 0.15) is 65.0 Å². The number of anilines is 6. The summed E-state index contributed by atoms with van der Waals surface area (Å²) in [6, 6.07) is 52.8. The van der Waals surface area contributed by atoms with Crippen molar-refractivity contribution < 1.29 is 0 Å². The molecule has 2 heterocycles. The molecule has 1 fully saturated rings. The van der Waals surface area contributed by atoms with E-state index in [9.17, 15) is 0 Å². The number of fused-ring (bicyclic) bond motifs is 9. The van der Waals surface area contributed by atoms with E-state index in [2.05, 4.69) is 184 Å². The van der Waals surface area contributed by atoms with Crippen molar-refractivity contribution in [1.29, 1.82) is 0 Å². The summed E-state index contributed by atoms with van der Waals surface area (Å²) in [5.74, 6) is 0.639. The number of hydrogen-bond acceptors (Lipinski definition) is 2. The Morgan fingerprint density at radius 2 is 1.16 bits per heavy atom. The third kappa shape index (κ3) is 3.74. The summed E-state index contributed by atoms with van der Waals surface area (Å²) in [7, 11) is 0. The zero-order valence-electron chi connectivity index (χ0n) is 30.4. The lowest BCUT2D eigenvalue weighted by Gasteiger charge is -2.50. The van der Waals surface area contributed by atoms with Crippen LogP contribution in [0.5, 0.6) is 0 Å². The Kier molecular flexibility index (Phi) is 6.49. The molecule has 1 saturated carbocycles. The summed E-state index contributed by atoms with van der Waals surface area (Å²) in [4.78, 5) is 5.06. The summed E-state index contributed by atoms with van der Waals surface area (Å²) in [6.07, 6.45) is 3.53.